The number of alkyl halides is 3. The summed E-state index contributed by atoms with van der Waals surface area (Å²) in [5, 5.41) is 4.11. The maximum absolute atomic E-state index is 13.7. The van der Waals surface area contributed by atoms with Crippen molar-refractivity contribution >= 4 is 5.65 Å². The number of rotatable bonds is 2. The van der Waals surface area contributed by atoms with Gasteiger partial charge in [-0.15, -0.1) is 0 Å². The Morgan fingerprint density at radius 2 is 1.69 bits per heavy atom. The van der Waals surface area contributed by atoms with Crippen molar-refractivity contribution in [2.75, 3.05) is 0 Å². The van der Waals surface area contributed by atoms with Gasteiger partial charge in [0.05, 0.1) is 11.4 Å². The monoisotopic (exact) mass is 354 g/mol. The fourth-order valence-corrected chi connectivity index (χ4v) is 2.93. The molecule has 0 amide bonds. The Labute approximate surface area is 147 Å². The number of aryl methyl sites for hydroxylation is 1. The van der Waals surface area contributed by atoms with Gasteiger partial charge in [-0.25, -0.2) is 9.50 Å². The molecule has 0 aliphatic rings. The first-order chi connectivity index (χ1) is 12.4. The highest BCUT2D eigenvalue weighted by atomic mass is 19.4. The second-order valence-corrected chi connectivity index (χ2v) is 5.83. The second kappa shape index (κ2) is 5.94. The van der Waals surface area contributed by atoms with E-state index in [9.17, 15) is 13.2 Å². The number of halogens is 3. The molecule has 4 aromatic rings. The molecule has 7 heteroatoms. The summed E-state index contributed by atoms with van der Waals surface area (Å²) in [7, 11) is 0. The number of benzene rings is 1. The molecule has 0 spiro atoms. The van der Waals surface area contributed by atoms with Crippen LogP contribution in [0.2, 0.25) is 0 Å². The van der Waals surface area contributed by atoms with E-state index in [4.69, 9.17) is 0 Å². The Bertz CT molecular complexity index is 1070. The van der Waals surface area contributed by atoms with Gasteiger partial charge in [-0.2, -0.15) is 18.3 Å². The van der Waals surface area contributed by atoms with Gasteiger partial charge in [0, 0.05) is 23.5 Å². The van der Waals surface area contributed by atoms with Gasteiger partial charge in [0.25, 0.3) is 0 Å². The predicted molar refractivity (Wildman–Crippen MR) is 91.4 cm³/mol. The Kier molecular flexibility index (Phi) is 3.72. The zero-order valence-corrected chi connectivity index (χ0v) is 13.7. The number of fused-ring (bicyclic) bond motifs is 1. The molecule has 0 aliphatic carbocycles. The summed E-state index contributed by atoms with van der Waals surface area (Å²) in [6.07, 6.45) is -1.51. The minimum Gasteiger partial charge on any atom is -0.264 e. The molecule has 4 rings (SSSR count). The van der Waals surface area contributed by atoms with E-state index < -0.39 is 11.9 Å². The molecule has 0 saturated heterocycles. The number of pyridine rings is 1. The summed E-state index contributed by atoms with van der Waals surface area (Å²) >= 11 is 0. The fourth-order valence-electron chi connectivity index (χ4n) is 2.93. The Morgan fingerprint density at radius 1 is 0.962 bits per heavy atom. The summed E-state index contributed by atoms with van der Waals surface area (Å²) in [4.78, 5) is 8.45. The normalized spacial score (nSPS) is 11.8. The Hall–Kier alpha value is -3.22. The van der Waals surface area contributed by atoms with Crippen molar-refractivity contribution in [3.8, 4) is 22.4 Å². The first kappa shape index (κ1) is 16.3. The molecule has 4 nitrogen and oxygen atoms in total. The van der Waals surface area contributed by atoms with Crippen LogP contribution in [0.4, 0.5) is 13.2 Å². The van der Waals surface area contributed by atoms with E-state index in [0.717, 1.165) is 16.1 Å². The third-order valence-corrected chi connectivity index (χ3v) is 4.07. The zero-order chi connectivity index (χ0) is 18.3. The van der Waals surface area contributed by atoms with Crippen LogP contribution in [0.5, 0.6) is 0 Å². The smallest absolute Gasteiger partial charge is 0.264 e. The maximum atomic E-state index is 13.7. The first-order valence-corrected chi connectivity index (χ1v) is 7.88. The van der Waals surface area contributed by atoms with Crippen LogP contribution in [0.3, 0.4) is 0 Å². The van der Waals surface area contributed by atoms with Crippen molar-refractivity contribution in [1.82, 2.24) is 19.6 Å². The van der Waals surface area contributed by atoms with Gasteiger partial charge in [-0.3, -0.25) is 4.98 Å². The standard InChI is InChI=1S/C19H13F3N4/c1-12-17(13-6-3-2-4-7-13)18-24-15(14-8-5-9-23-11-14)10-16(19(20,21)22)26(18)25-12/h2-11H,1H3. The molecule has 3 aromatic heterocycles. The SMILES string of the molecule is Cc1nn2c(C(F)(F)F)cc(-c3cccnc3)nc2c1-c1ccccc1. The molecule has 130 valence electrons. The summed E-state index contributed by atoms with van der Waals surface area (Å²) < 4.78 is 41.8. The molecule has 0 aliphatic heterocycles. The Balaban J connectivity index is 2.08. The van der Waals surface area contributed by atoms with Crippen molar-refractivity contribution < 1.29 is 13.2 Å². The van der Waals surface area contributed by atoms with Crippen molar-refractivity contribution in [2.45, 2.75) is 13.1 Å². The van der Waals surface area contributed by atoms with Crippen molar-refractivity contribution in [3.63, 3.8) is 0 Å². The lowest BCUT2D eigenvalue weighted by molar-refractivity contribution is -0.142. The van der Waals surface area contributed by atoms with E-state index in [1.54, 1.807) is 25.3 Å². The van der Waals surface area contributed by atoms with E-state index in [2.05, 4.69) is 15.1 Å². The zero-order valence-electron chi connectivity index (χ0n) is 13.7. The van der Waals surface area contributed by atoms with Gasteiger partial charge >= 0.3 is 6.18 Å². The van der Waals surface area contributed by atoms with Gasteiger partial charge in [0.1, 0.15) is 0 Å². The Morgan fingerprint density at radius 3 is 2.35 bits per heavy atom. The minimum atomic E-state index is -4.56. The lowest BCUT2D eigenvalue weighted by Gasteiger charge is -2.11. The third-order valence-electron chi connectivity index (χ3n) is 4.07. The van der Waals surface area contributed by atoms with E-state index in [0.29, 0.717) is 16.8 Å². The van der Waals surface area contributed by atoms with E-state index in [1.807, 2.05) is 30.3 Å². The van der Waals surface area contributed by atoms with Crippen LogP contribution >= 0.6 is 0 Å². The lowest BCUT2D eigenvalue weighted by Crippen LogP contribution is -2.13. The van der Waals surface area contributed by atoms with Crippen molar-refractivity contribution in [3.05, 3.63) is 72.3 Å². The van der Waals surface area contributed by atoms with Gasteiger partial charge in [0.15, 0.2) is 11.3 Å². The summed E-state index contributed by atoms with van der Waals surface area (Å²) in [5.74, 6) is 0. The highest BCUT2D eigenvalue weighted by Gasteiger charge is 2.36. The molecule has 1 aromatic carbocycles. The van der Waals surface area contributed by atoms with Gasteiger partial charge < -0.3 is 0 Å². The number of hydrogen-bond acceptors (Lipinski definition) is 3. The first-order valence-electron chi connectivity index (χ1n) is 7.88. The van der Waals surface area contributed by atoms with E-state index in [1.165, 1.54) is 6.20 Å². The third kappa shape index (κ3) is 2.71. The van der Waals surface area contributed by atoms with Crippen LogP contribution in [-0.2, 0) is 6.18 Å². The van der Waals surface area contributed by atoms with Crippen LogP contribution in [-0.4, -0.2) is 19.6 Å². The molecule has 0 saturated carbocycles. The number of nitrogens with zero attached hydrogens (tertiary/aromatic N) is 4. The molecule has 0 atom stereocenters. The van der Waals surface area contributed by atoms with Crippen LogP contribution in [0.25, 0.3) is 28.0 Å². The lowest BCUT2D eigenvalue weighted by atomic mass is 10.1. The van der Waals surface area contributed by atoms with Crippen molar-refractivity contribution in [1.29, 1.82) is 0 Å². The molecular formula is C19H13F3N4. The van der Waals surface area contributed by atoms with E-state index >= 15 is 0 Å². The van der Waals surface area contributed by atoms with Crippen molar-refractivity contribution in [2.24, 2.45) is 0 Å². The molecule has 0 radical (unpaired) electrons. The second-order valence-electron chi connectivity index (χ2n) is 5.83. The molecule has 0 bridgehead atoms. The minimum absolute atomic E-state index is 0.169. The summed E-state index contributed by atoms with van der Waals surface area (Å²) in [6.45, 7) is 1.68. The maximum Gasteiger partial charge on any atom is 0.433 e. The topological polar surface area (TPSA) is 43.1 Å². The number of hydrogen-bond donors (Lipinski definition) is 0. The molecule has 0 N–H and O–H groups in total. The largest absolute Gasteiger partial charge is 0.433 e. The van der Waals surface area contributed by atoms with Crippen LogP contribution in [0.1, 0.15) is 11.4 Å². The van der Waals surface area contributed by atoms with Crippen LogP contribution in [0, 0.1) is 6.92 Å². The average molecular weight is 354 g/mol. The van der Waals surface area contributed by atoms with Gasteiger partial charge in [0.2, 0.25) is 0 Å². The molecule has 26 heavy (non-hydrogen) atoms. The van der Waals surface area contributed by atoms with Crippen LogP contribution < -0.4 is 0 Å². The van der Waals surface area contributed by atoms with Crippen LogP contribution in [0.15, 0.2) is 60.9 Å². The van der Waals surface area contributed by atoms with Gasteiger partial charge in [-0.05, 0) is 30.7 Å². The molecule has 3 heterocycles. The fraction of sp³-hybridized carbons (Fsp3) is 0.105. The highest BCUT2D eigenvalue weighted by Crippen LogP contribution is 2.35. The average Bonchev–Trinajstić information content (AvgIpc) is 2.97. The summed E-state index contributed by atoms with van der Waals surface area (Å²) in [6, 6.07) is 13.5. The molecule has 0 unspecified atom stereocenters. The quantitative estimate of drug-likeness (QED) is 0.520. The molecule has 0 fully saturated rings. The predicted octanol–water partition coefficient (Wildman–Crippen LogP) is 4.79. The summed E-state index contributed by atoms with van der Waals surface area (Å²) in [5.41, 5.74) is 1.85. The van der Waals surface area contributed by atoms with Gasteiger partial charge in [-0.1, -0.05) is 30.3 Å². The molecular weight excluding hydrogens is 341 g/mol. The number of aromatic nitrogens is 4. The highest BCUT2D eigenvalue weighted by molar-refractivity contribution is 5.81. The van der Waals surface area contributed by atoms with E-state index in [-0.39, 0.29) is 11.3 Å².